The molecule has 2 heterocycles. The van der Waals surface area contributed by atoms with Gasteiger partial charge in [-0.05, 0) is 36.4 Å². The minimum absolute atomic E-state index is 0.214. The van der Waals surface area contributed by atoms with E-state index in [0.717, 1.165) is 38.6 Å². The maximum Gasteiger partial charge on any atom is 0.287 e. The van der Waals surface area contributed by atoms with Gasteiger partial charge in [-0.25, -0.2) is 0 Å². The van der Waals surface area contributed by atoms with Gasteiger partial charge in [0.1, 0.15) is 23.9 Å². The lowest BCUT2D eigenvalue weighted by molar-refractivity contribution is 0.0382. The number of furan rings is 1. The number of methoxy groups -OCH3 is 1. The minimum atomic E-state index is -0.214. The first-order valence-electron chi connectivity index (χ1n) is 8.68. The third kappa shape index (κ3) is 5.24. The highest BCUT2D eigenvalue weighted by atomic mass is 16.5. The Balaban J connectivity index is 1.41. The smallest absolute Gasteiger partial charge is 0.287 e. The molecule has 2 aromatic rings. The number of ether oxygens (including phenoxy) is 3. The Morgan fingerprint density at radius 1 is 1.12 bits per heavy atom. The molecule has 0 aliphatic carbocycles. The first-order chi connectivity index (χ1) is 12.7. The van der Waals surface area contributed by atoms with Crippen molar-refractivity contribution in [2.24, 2.45) is 0 Å². The first kappa shape index (κ1) is 18.3. The van der Waals surface area contributed by atoms with E-state index in [1.807, 2.05) is 24.3 Å². The summed E-state index contributed by atoms with van der Waals surface area (Å²) >= 11 is 0. The van der Waals surface area contributed by atoms with Crippen molar-refractivity contribution in [2.75, 3.05) is 46.5 Å². The summed E-state index contributed by atoms with van der Waals surface area (Å²) in [6.45, 7) is 4.97. The number of hydrogen-bond donors (Lipinski definition) is 1. The van der Waals surface area contributed by atoms with Gasteiger partial charge in [-0.3, -0.25) is 9.69 Å². The van der Waals surface area contributed by atoms with Crippen LogP contribution in [0.5, 0.6) is 11.5 Å². The normalized spacial score (nSPS) is 14.8. The molecule has 0 atom stereocenters. The number of rotatable bonds is 8. The molecule has 1 saturated heterocycles. The van der Waals surface area contributed by atoms with Gasteiger partial charge in [-0.1, -0.05) is 0 Å². The summed E-state index contributed by atoms with van der Waals surface area (Å²) in [6.07, 6.45) is 0. The highest BCUT2D eigenvalue weighted by molar-refractivity contribution is 5.91. The fourth-order valence-corrected chi connectivity index (χ4v) is 2.64. The zero-order valence-corrected chi connectivity index (χ0v) is 14.9. The van der Waals surface area contributed by atoms with Gasteiger partial charge in [0.05, 0.1) is 20.3 Å². The standard InChI is InChI=1S/C19H24N2O5/c1-23-15-2-4-16(5-3-15)25-14-17-6-7-18(26-17)19(22)20-8-9-21-10-12-24-13-11-21/h2-7H,8-14H2,1H3,(H,20,22). The average molecular weight is 360 g/mol. The van der Waals surface area contributed by atoms with Crippen molar-refractivity contribution in [1.29, 1.82) is 0 Å². The predicted octanol–water partition coefficient (Wildman–Crippen LogP) is 1.93. The molecule has 7 nitrogen and oxygen atoms in total. The molecule has 1 aromatic heterocycles. The van der Waals surface area contributed by atoms with Crippen LogP contribution >= 0.6 is 0 Å². The zero-order valence-electron chi connectivity index (χ0n) is 14.9. The number of carbonyl (C=O) groups is 1. The van der Waals surface area contributed by atoms with Gasteiger partial charge in [0.2, 0.25) is 0 Å². The van der Waals surface area contributed by atoms with Gasteiger partial charge in [0.25, 0.3) is 5.91 Å². The molecule has 0 unspecified atom stereocenters. The van der Waals surface area contributed by atoms with Crippen molar-refractivity contribution in [3.8, 4) is 11.5 Å². The number of amides is 1. The molecule has 1 aromatic carbocycles. The van der Waals surface area contributed by atoms with Crippen molar-refractivity contribution >= 4 is 5.91 Å². The molecular formula is C19H24N2O5. The van der Waals surface area contributed by atoms with E-state index in [-0.39, 0.29) is 12.5 Å². The Morgan fingerprint density at radius 2 is 1.85 bits per heavy atom. The molecular weight excluding hydrogens is 336 g/mol. The van der Waals surface area contributed by atoms with Gasteiger partial charge >= 0.3 is 0 Å². The van der Waals surface area contributed by atoms with Crippen molar-refractivity contribution in [3.05, 3.63) is 47.9 Å². The topological polar surface area (TPSA) is 73.2 Å². The second-order valence-electron chi connectivity index (χ2n) is 5.94. The van der Waals surface area contributed by atoms with Gasteiger partial charge in [-0.15, -0.1) is 0 Å². The number of carbonyl (C=O) groups excluding carboxylic acids is 1. The summed E-state index contributed by atoms with van der Waals surface area (Å²) in [5.74, 6) is 2.15. The van der Waals surface area contributed by atoms with Gasteiger partial charge in [-0.2, -0.15) is 0 Å². The van der Waals surface area contributed by atoms with Crippen LogP contribution in [0.2, 0.25) is 0 Å². The highest BCUT2D eigenvalue weighted by Crippen LogP contribution is 2.18. The van der Waals surface area contributed by atoms with E-state index in [4.69, 9.17) is 18.6 Å². The number of hydrogen-bond acceptors (Lipinski definition) is 6. The molecule has 140 valence electrons. The van der Waals surface area contributed by atoms with E-state index in [9.17, 15) is 4.79 Å². The molecule has 0 bridgehead atoms. The van der Waals surface area contributed by atoms with E-state index in [0.29, 0.717) is 23.8 Å². The highest BCUT2D eigenvalue weighted by Gasteiger charge is 2.13. The maximum atomic E-state index is 12.1. The SMILES string of the molecule is COc1ccc(OCc2ccc(C(=O)NCCN3CCOCC3)o2)cc1. The Kier molecular flexibility index (Phi) is 6.51. The summed E-state index contributed by atoms with van der Waals surface area (Å²) in [7, 11) is 1.62. The predicted molar refractivity (Wildman–Crippen MR) is 95.6 cm³/mol. The molecule has 1 aliphatic rings. The quantitative estimate of drug-likeness (QED) is 0.775. The minimum Gasteiger partial charge on any atom is -0.497 e. The van der Waals surface area contributed by atoms with E-state index in [2.05, 4.69) is 10.2 Å². The lowest BCUT2D eigenvalue weighted by atomic mass is 10.3. The lowest BCUT2D eigenvalue weighted by Crippen LogP contribution is -2.41. The fourth-order valence-electron chi connectivity index (χ4n) is 2.64. The lowest BCUT2D eigenvalue weighted by Gasteiger charge is -2.26. The van der Waals surface area contributed by atoms with Crippen LogP contribution in [0, 0.1) is 0 Å². The Hall–Kier alpha value is -2.51. The third-order valence-electron chi connectivity index (χ3n) is 4.14. The number of benzene rings is 1. The molecule has 0 radical (unpaired) electrons. The molecule has 1 amide bonds. The van der Waals surface area contributed by atoms with Crippen molar-refractivity contribution in [3.63, 3.8) is 0 Å². The maximum absolute atomic E-state index is 12.1. The number of nitrogens with zero attached hydrogens (tertiary/aromatic N) is 1. The van der Waals surface area contributed by atoms with Crippen molar-refractivity contribution in [2.45, 2.75) is 6.61 Å². The van der Waals surface area contributed by atoms with Crippen LogP contribution in [0.15, 0.2) is 40.8 Å². The van der Waals surface area contributed by atoms with Crippen LogP contribution in [-0.2, 0) is 11.3 Å². The van der Waals surface area contributed by atoms with E-state index < -0.39 is 0 Å². The van der Waals surface area contributed by atoms with Gasteiger partial charge in [0.15, 0.2) is 5.76 Å². The molecule has 0 saturated carbocycles. The van der Waals surface area contributed by atoms with E-state index in [1.165, 1.54) is 0 Å². The van der Waals surface area contributed by atoms with Crippen molar-refractivity contribution in [1.82, 2.24) is 10.2 Å². The summed E-state index contributed by atoms with van der Waals surface area (Å²) in [4.78, 5) is 14.4. The summed E-state index contributed by atoms with van der Waals surface area (Å²) in [5.41, 5.74) is 0. The zero-order chi connectivity index (χ0) is 18.2. The van der Waals surface area contributed by atoms with Crippen LogP contribution in [0.25, 0.3) is 0 Å². The van der Waals surface area contributed by atoms with Crippen molar-refractivity contribution < 1.29 is 23.4 Å². The Labute approximate surface area is 152 Å². The second-order valence-corrected chi connectivity index (χ2v) is 5.94. The summed E-state index contributed by atoms with van der Waals surface area (Å²) < 4.78 is 21.6. The molecule has 1 N–H and O–H groups in total. The fraction of sp³-hybridized carbons (Fsp3) is 0.421. The van der Waals surface area contributed by atoms with Gasteiger partial charge < -0.3 is 23.9 Å². The molecule has 7 heteroatoms. The average Bonchev–Trinajstić information content (AvgIpc) is 3.17. The van der Waals surface area contributed by atoms with Crippen LogP contribution in [0.4, 0.5) is 0 Å². The Bertz CT molecular complexity index is 692. The third-order valence-corrected chi connectivity index (χ3v) is 4.14. The van der Waals surface area contributed by atoms with Crippen LogP contribution in [0.1, 0.15) is 16.3 Å². The molecule has 0 spiro atoms. The second kappa shape index (κ2) is 9.26. The number of nitrogens with one attached hydrogen (secondary N) is 1. The van der Waals surface area contributed by atoms with Gasteiger partial charge in [0, 0.05) is 26.2 Å². The first-order valence-corrected chi connectivity index (χ1v) is 8.68. The molecule has 1 aliphatic heterocycles. The van der Waals surface area contributed by atoms with Crippen LogP contribution in [-0.4, -0.2) is 57.3 Å². The molecule has 1 fully saturated rings. The Morgan fingerprint density at radius 3 is 2.58 bits per heavy atom. The van der Waals surface area contributed by atoms with E-state index in [1.54, 1.807) is 19.2 Å². The largest absolute Gasteiger partial charge is 0.497 e. The van der Waals surface area contributed by atoms with E-state index >= 15 is 0 Å². The molecule has 3 rings (SSSR count). The molecule has 26 heavy (non-hydrogen) atoms. The summed E-state index contributed by atoms with van der Waals surface area (Å²) in [5, 5.41) is 2.88. The monoisotopic (exact) mass is 360 g/mol. The van der Waals surface area contributed by atoms with Crippen LogP contribution in [0.3, 0.4) is 0 Å². The number of morpholine rings is 1. The summed E-state index contributed by atoms with van der Waals surface area (Å²) in [6, 6.07) is 10.7. The van der Waals surface area contributed by atoms with Crippen LogP contribution < -0.4 is 14.8 Å².